The number of carbonyl (C=O) groups is 1. The summed E-state index contributed by atoms with van der Waals surface area (Å²) in [5.41, 5.74) is 3.61. The highest BCUT2D eigenvalue weighted by molar-refractivity contribution is 6.00. The smallest absolute Gasteiger partial charge is 0.378 e. The number of carbonyl (C=O) groups excluding carboxylic acids is 1. The van der Waals surface area contributed by atoms with Gasteiger partial charge in [0, 0.05) is 42.5 Å². The number of hydrogen-bond acceptors (Lipinski definition) is 6. The lowest BCUT2D eigenvalue weighted by molar-refractivity contribution is -0.193. The van der Waals surface area contributed by atoms with Crippen LogP contribution in [0.5, 0.6) is 0 Å². The maximum absolute atomic E-state index is 14.1. The molecule has 3 fully saturated rings. The molecule has 1 aromatic carbocycles. The first-order valence-electron chi connectivity index (χ1n) is 14.1. The highest BCUT2D eigenvalue weighted by Gasteiger charge is 2.52. The predicted molar refractivity (Wildman–Crippen MR) is 144 cm³/mol. The van der Waals surface area contributed by atoms with Crippen molar-refractivity contribution >= 4 is 28.8 Å². The third-order valence-corrected chi connectivity index (χ3v) is 8.85. The van der Waals surface area contributed by atoms with Crippen LogP contribution in [0, 0.1) is 11.8 Å². The molecule has 2 saturated carbocycles. The Balaban J connectivity index is 1.22. The molecule has 7 nitrogen and oxygen atoms in total. The second kappa shape index (κ2) is 10.6. The molecule has 0 spiro atoms. The third kappa shape index (κ3) is 5.45. The van der Waals surface area contributed by atoms with Gasteiger partial charge in [-0.15, -0.1) is 0 Å². The third-order valence-electron chi connectivity index (χ3n) is 8.85. The standard InChI is InChI=1S/C29H36F3N5O2/c1-35(26(19-4-5-19)29(30,31)32)22-8-6-20(7-9-22)28(38)37-18-21-3-2-12-33-27(21)34-24-11-10-23(17-25(24)37)36-13-15-39-16-14-36/h2-3,10-12,17,19-20,22,26H,4-9,13-16,18H2,1H3,(H,33,34)/t20-,22+,26?. The molecule has 3 heterocycles. The molecule has 1 aromatic heterocycles. The molecule has 210 valence electrons. The van der Waals surface area contributed by atoms with Crippen molar-refractivity contribution in [2.45, 2.75) is 63.3 Å². The Morgan fingerprint density at radius 1 is 1.10 bits per heavy atom. The van der Waals surface area contributed by atoms with Gasteiger partial charge in [0.1, 0.15) is 11.9 Å². The van der Waals surface area contributed by atoms with Crippen molar-refractivity contribution in [1.82, 2.24) is 9.88 Å². The van der Waals surface area contributed by atoms with E-state index >= 15 is 0 Å². The van der Waals surface area contributed by atoms with Gasteiger partial charge in [0.05, 0.1) is 31.1 Å². The van der Waals surface area contributed by atoms with Gasteiger partial charge >= 0.3 is 6.18 Å². The average Bonchev–Trinajstić information content (AvgIpc) is 3.78. The minimum atomic E-state index is -4.22. The summed E-state index contributed by atoms with van der Waals surface area (Å²) in [5, 5.41) is 3.42. The van der Waals surface area contributed by atoms with Gasteiger partial charge in [-0.05, 0) is 75.8 Å². The lowest BCUT2D eigenvalue weighted by Gasteiger charge is -2.40. The van der Waals surface area contributed by atoms with E-state index in [0.717, 1.165) is 41.5 Å². The van der Waals surface area contributed by atoms with E-state index in [4.69, 9.17) is 4.74 Å². The van der Waals surface area contributed by atoms with E-state index in [1.54, 1.807) is 18.1 Å². The number of anilines is 4. The highest BCUT2D eigenvalue weighted by atomic mass is 19.4. The fourth-order valence-corrected chi connectivity index (χ4v) is 6.55. The first-order chi connectivity index (χ1) is 18.8. The minimum absolute atomic E-state index is 0.0320. The van der Waals surface area contributed by atoms with Crippen molar-refractivity contribution in [3.8, 4) is 0 Å². The number of hydrogen-bond donors (Lipinski definition) is 1. The summed E-state index contributed by atoms with van der Waals surface area (Å²) in [6, 6.07) is 8.46. The Hall–Kier alpha value is -2.85. The lowest BCUT2D eigenvalue weighted by atomic mass is 9.83. The first-order valence-corrected chi connectivity index (χ1v) is 14.1. The molecule has 10 heteroatoms. The van der Waals surface area contributed by atoms with E-state index < -0.39 is 12.2 Å². The zero-order valence-electron chi connectivity index (χ0n) is 22.3. The number of morpholine rings is 1. The predicted octanol–water partition coefficient (Wildman–Crippen LogP) is 5.34. The molecular formula is C29H36F3N5O2. The Morgan fingerprint density at radius 2 is 1.85 bits per heavy atom. The summed E-state index contributed by atoms with van der Waals surface area (Å²) in [4.78, 5) is 24.3. The van der Waals surface area contributed by atoms with Gasteiger partial charge in [-0.2, -0.15) is 13.2 Å². The molecule has 2 aliphatic heterocycles. The summed E-state index contributed by atoms with van der Waals surface area (Å²) in [7, 11) is 1.62. The second-order valence-corrected chi connectivity index (χ2v) is 11.4. The molecule has 4 aliphatic rings. The Labute approximate surface area is 227 Å². The van der Waals surface area contributed by atoms with Gasteiger partial charge in [0.25, 0.3) is 0 Å². The van der Waals surface area contributed by atoms with Crippen LogP contribution in [0.25, 0.3) is 0 Å². The summed E-state index contributed by atoms with van der Waals surface area (Å²) in [6.45, 7) is 3.31. The number of aromatic nitrogens is 1. The maximum Gasteiger partial charge on any atom is 0.404 e. The van der Waals surface area contributed by atoms with E-state index in [0.29, 0.717) is 58.3 Å². The van der Waals surface area contributed by atoms with Crippen LogP contribution in [0.15, 0.2) is 36.5 Å². The molecule has 6 rings (SSSR count). The molecule has 0 bridgehead atoms. The number of amides is 1. The second-order valence-electron chi connectivity index (χ2n) is 11.4. The van der Waals surface area contributed by atoms with Crippen molar-refractivity contribution < 1.29 is 22.7 Å². The number of fused-ring (bicyclic) bond motifs is 2. The normalized spacial score (nSPS) is 24.4. The summed E-state index contributed by atoms with van der Waals surface area (Å²) in [6.07, 6.45) is 1.18. The van der Waals surface area contributed by atoms with Crippen LogP contribution in [0.1, 0.15) is 44.1 Å². The quantitative estimate of drug-likeness (QED) is 0.550. The minimum Gasteiger partial charge on any atom is -0.378 e. The zero-order valence-corrected chi connectivity index (χ0v) is 22.3. The van der Waals surface area contributed by atoms with Crippen molar-refractivity contribution in [2.75, 3.05) is 48.5 Å². The van der Waals surface area contributed by atoms with Gasteiger partial charge in [-0.1, -0.05) is 6.07 Å². The van der Waals surface area contributed by atoms with Gasteiger partial charge < -0.3 is 19.9 Å². The molecule has 1 saturated heterocycles. The molecule has 1 unspecified atom stereocenters. The number of rotatable bonds is 5. The Morgan fingerprint density at radius 3 is 2.54 bits per heavy atom. The van der Waals surface area contributed by atoms with E-state index in [2.05, 4.69) is 27.3 Å². The van der Waals surface area contributed by atoms with E-state index in [-0.39, 0.29) is 23.8 Å². The van der Waals surface area contributed by atoms with E-state index in [9.17, 15) is 18.0 Å². The van der Waals surface area contributed by atoms with Gasteiger partial charge in [0.15, 0.2) is 0 Å². The van der Waals surface area contributed by atoms with E-state index in [1.165, 1.54) is 0 Å². The summed E-state index contributed by atoms with van der Waals surface area (Å²) >= 11 is 0. The van der Waals surface area contributed by atoms with Crippen LogP contribution in [-0.2, 0) is 16.1 Å². The molecule has 0 radical (unpaired) electrons. The van der Waals surface area contributed by atoms with Gasteiger partial charge in [-0.3, -0.25) is 9.69 Å². The number of alkyl halides is 3. The number of ether oxygens (including phenoxy) is 1. The molecule has 1 N–H and O–H groups in total. The molecule has 2 aliphatic carbocycles. The fourth-order valence-electron chi connectivity index (χ4n) is 6.55. The Kier molecular flexibility index (Phi) is 7.18. The van der Waals surface area contributed by atoms with Crippen LogP contribution in [0.2, 0.25) is 0 Å². The SMILES string of the molecule is CN(C(C1CC1)C(F)(F)F)[C@H]1CC[C@@H](C(=O)N2Cc3cccnc3Nc3ccc(N4CCOCC4)cc32)CC1. The molecular weight excluding hydrogens is 507 g/mol. The van der Waals surface area contributed by atoms with Crippen LogP contribution >= 0.6 is 0 Å². The van der Waals surface area contributed by atoms with Crippen LogP contribution in [0.3, 0.4) is 0 Å². The summed E-state index contributed by atoms with van der Waals surface area (Å²) < 4.78 is 46.9. The monoisotopic (exact) mass is 543 g/mol. The zero-order chi connectivity index (χ0) is 27.1. The van der Waals surface area contributed by atoms with E-state index in [1.807, 2.05) is 23.1 Å². The average molecular weight is 544 g/mol. The van der Waals surface area contributed by atoms with Gasteiger partial charge in [0.2, 0.25) is 5.91 Å². The highest BCUT2D eigenvalue weighted by Crippen LogP contribution is 2.45. The van der Waals surface area contributed by atoms with Crippen molar-refractivity contribution in [1.29, 1.82) is 0 Å². The lowest BCUT2D eigenvalue weighted by Crippen LogP contribution is -2.51. The van der Waals surface area contributed by atoms with Crippen LogP contribution < -0.4 is 15.1 Å². The van der Waals surface area contributed by atoms with Gasteiger partial charge in [-0.25, -0.2) is 4.98 Å². The summed E-state index contributed by atoms with van der Waals surface area (Å²) in [5.74, 6) is 0.254. The molecule has 1 atom stereocenters. The molecule has 39 heavy (non-hydrogen) atoms. The topological polar surface area (TPSA) is 60.9 Å². The van der Waals surface area contributed by atoms with Crippen molar-refractivity contribution in [3.63, 3.8) is 0 Å². The molecule has 2 aromatic rings. The number of halogens is 3. The number of benzene rings is 1. The van der Waals surface area contributed by atoms with Crippen molar-refractivity contribution in [3.05, 3.63) is 42.1 Å². The fraction of sp³-hybridized carbons (Fsp3) is 0.586. The largest absolute Gasteiger partial charge is 0.404 e. The Bertz CT molecular complexity index is 1190. The van der Waals surface area contributed by atoms with Crippen molar-refractivity contribution in [2.24, 2.45) is 11.8 Å². The maximum atomic E-state index is 14.1. The van der Waals surface area contributed by atoms with Crippen LogP contribution in [0.4, 0.5) is 36.1 Å². The number of pyridine rings is 1. The van der Waals surface area contributed by atoms with Crippen LogP contribution in [-0.4, -0.2) is 67.4 Å². The number of nitrogens with one attached hydrogen (secondary N) is 1. The number of nitrogens with zero attached hydrogens (tertiary/aromatic N) is 4. The first kappa shape index (κ1) is 26.4. The molecule has 1 amide bonds.